The average Bonchev–Trinajstić information content (AvgIpc) is 2.89. The molecule has 160 valence electrons. The molecule has 0 saturated carbocycles. The van der Waals surface area contributed by atoms with Crippen LogP contribution in [0.3, 0.4) is 0 Å². The van der Waals surface area contributed by atoms with Crippen molar-refractivity contribution in [3.05, 3.63) is 132 Å². The predicted molar refractivity (Wildman–Crippen MR) is 135 cm³/mol. The molecular weight excluding hydrogens is 427 g/mol. The van der Waals surface area contributed by atoms with Crippen LogP contribution in [0.25, 0.3) is 0 Å². The molecule has 0 aliphatic carbocycles. The van der Waals surface area contributed by atoms with Crippen LogP contribution in [0.4, 0.5) is 0 Å². The maximum atomic E-state index is 13.6. The SMILES string of the molecule is N=C=C(C(=O)NC(=O)c1ccccc1)[P+](c1ccccc1)(c1ccccc1)c1ccccc1. The Morgan fingerprint density at radius 1 is 0.606 bits per heavy atom. The highest BCUT2D eigenvalue weighted by atomic mass is 31.2. The highest BCUT2D eigenvalue weighted by Crippen LogP contribution is 2.61. The molecule has 0 saturated heterocycles. The first-order valence-corrected chi connectivity index (χ1v) is 12.2. The number of benzene rings is 4. The summed E-state index contributed by atoms with van der Waals surface area (Å²) in [5, 5.41) is 13.5. The molecular formula is C28H22N2O2P+. The van der Waals surface area contributed by atoms with Crippen molar-refractivity contribution >= 4 is 40.9 Å². The second-order valence-corrected chi connectivity index (χ2v) is 10.6. The van der Waals surface area contributed by atoms with Gasteiger partial charge < -0.3 is 0 Å². The van der Waals surface area contributed by atoms with Crippen LogP contribution in [0, 0.1) is 5.41 Å². The third kappa shape index (κ3) is 4.31. The van der Waals surface area contributed by atoms with Gasteiger partial charge in [0.15, 0.2) is 7.26 Å². The topological polar surface area (TPSA) is 70.0 Å². The summed E-state index contributed by atoms with van der Waals surface area (Å²) in [6, 6.07) is 37.7. The number of imide groups is 1. The molecule has 33 heavy (non-hydrogen) atoms. The van der Waals surface area contributed by atoms with E-state index in [1.165, 1.54) is 0 Å². The van der Waals surface area contributed by atoms with Crippen molar-refractivity contribution in [2.24, 2.45) is 0 Å². The van der Waals surface area contributed by atoms with Gasteiger partial charge >= 0.3 is 5.91 Å². The molecule has 4 nitrogen and oxygen atoms in total. The summed E-state index contributed by atoms with van der Waals surface area (Å²) in [7, 11) is -2.81. The first-order valence-electron chi connectivity index (χ1n) is 10.4. The molecule has 2 amide bonds. The Hall–Kier alpha value is -4.10. The van der Waals surface area contributed by atoms with Crippen LogP contribution in [0.1, 0.15) is 10.4 Å². The summed E-state index contributed by atoms with van der Waals surface area (Å²) in [5.74, 6) is 1.31. The summed E-state index contributed by atoms with van der Waals surface area (Å²) >= 11 is 0. The maximum Gasteiger partial charge on any atom is 0.304 e. The fourth-order valence-corrected chi connectivity index (χ4v) is 7.96. The molecule has 0 radical (unpaired) electrons. The van der Waals surface area contributed by atoms with Gasteiger partial charge in [-0.25, -0.2) is 0 Å². The zero-order valence-electron chi connectivity index (χ0n) is 17.8. The number of nitrogens with one attached hydrogen (secondary N) is 2. The lowest BCUT2D eigenvalue weighted by molar-refractivity contribution is -0.115. The standard InChI is InChI=1S/C28H21N2O2P/c29-21-26(28(32)30-27(31)22-13-5-1-6-14-22)33(23-15-7-2-8-16-23,24-17-9-3-10-18-24)25-19-11-4-12-20-25/h1-20,29H/p+1. The van der Waals surface area contributed by atoms with E-state index in [4.69, 9.17) is 5.41 Å². The van der Waals surface area contributed by atoms with Crippen molar-refractivity contribution in [2.45, 2.75) is 0 Å². The number of hydrogen-bond donors (Lipinski definition) is 2. The van der Waals surface area contributed by atoms with Gasteiger partial charge in [-0.15, -0.1) is 0 Å². The van der Waals surface area contributed by atoms with Gasteiger partial charge in [0.25, 0.3) is 5.91 Å². The van der Waals surface area contributed by atoms with Gasteiger partial charge in [0, 0.05) is 11.4 Å². The minimum absolute atomic E-state index is 0.135. The molecule has 0 aliphatic heterocycles. The van der Waals surface area contributed by atoms with E-state index in [0.29, 0.717) is 5.56 Å². The van der Waals surface area contributed by atoms with E-state index in [-0.39, 0.29) is 5.31 Å². The number of carbonyl (C=O) groups excluding carboxylic acids is 2. The zero-order valence-corrected chi connectivity index (χ0v) is 18.7. The first-order chi connectivity index (χ1) is 16.2. The minimum atomic E-state index is -2.81. The highest BCUT2D eigenvalue weighted by molar-refractivity contribution is 8.00. The van der Waals surface area contributed by atoms with Crippen molar-refractivity contribution in [3.63, 3.8) is 0 Å². The Labute approximate surface area is 193 Å². The number of amides is 2. The van der Waals surface area contributed by atoms with Gasteiger partial charge in [0.05, 0.1) is 0 Å². The minimum Gasteiger partial charge on any atom is -0.285 e. The Morgan fingerprint density at radius 2 is 0.970 bits per heavy atom. The average molecular weight is 449 g/mol. The predicted octanol–water partition coefficient (Wildman–Crippen LogP) is 4.07. The van der Waals surface area contributed by atoms with E-state index in [1.54, 1.807) is 30.3 Å². The van der Waals surface area contributed by atoms with Crippen molar-refractivity contribution in [2.75, 3.05) is 0 Å². The molecule has 0 aromatic heterocycles. The molecule has 0 bridgehead atoms. The van der Waals surface area contributed by atoms with Gasteiger partial charge in [-0.2, -0.15) is 0 Å². The zero-order chi connectivity index (χ0) is 23.1. The quantitative estimate of drug-likeness (QED) is 0.265. The molecule has 0 heterocycles. The van der Waals surface area contributed by atoms with Gasteiger partial charge in [-0.3, -0.25) is 20.3 Å². The van der Waals surface area contributed by atoms with E-state index < -0.39 is 19.1 Å². The van der Waals surface area contributed by atoms with Crippen molar-refractivity contribution in [1.82, 2.24) is 5.32 Å². The molecule has 0 atom stereocenters. The molecule has 0 aliphatic rings. The van der Waals surface area contributed by atoms with Crippen molar-refractivity contribution in [3.8, 4) is 0 Å². The van der Waals surface area contributed by atoms with Crippen LogP contribution < -0.4 is 21.2 Å². The van der Waals surface area contributed by atoms with Crippen LogP contribution in [0.5, 0.6) is 0 Å². The Morgan fingerprint density at radius 3 is 1.33 bits per heavy atom. The maximum absolute atomic E-state index is 13.6. The number of hydrogen-bond acceptors (Lipinski definition) is 3. The third-order valence-corrected chi connectivity index (χ3v) is 9.57. The summed E-state index contributed by atoms with van der Waals surface area (Å²) in [6.45, 7) is 0. The molecule has 5 heteroatoms. The largest absolute Gasteiger partial charge is 0.304 e. The summed E-state index contributed by atoms with van der Waals surface area (Å²) in [6.07, 6.45) is 0. The van der Waals surface area contributed by atoms with Crippen LogP contribution in [-0.2, 0) is 4.79 Å². The van der Waals surface area contributed by atoms with E-state index in [0.717, 1.165) is 15.9 Å². The lowest BCUT2D eigenvalue weighted by Gasteiger charge is -2.27. The summed E-state index contributed by atoms with van der Waals surface area (Å²) < 4.78 is 0. The second kappa shape index (κ2) is 10.0. The molecule has 0 unspecified atom stereocenters. The molecule has 4 aromatic carbocycles. The Bertz CT molecular complexity index is 1200. The van der Waals surface area contributed by atoms with Gasteiger partial charge in [0.1, 0.15) is 15.9 Å². The molecule has 0 spiro atoms. The molecule has 4 rings (SSSR count). The van der Waals surface area contributed by atoms with Gasteiger partial charge in [-0.1, -0.05) is 72.8 Å². The van der Waals surface area contributed by atoms with Crippen molar-refractivity contribution < 1.29 is 9.59 Å². The molecule has 4 aromatic rings. The van der Waals surface area contributed by atoms with Crippen molar-refractivity contribution in [1.29, 1.82) is 5.41 Å². The molecule has 0 fully saturated rings. The second-order valence-electron chi connectivity index (χ2n) is 7.30. The highest BCUT2D eigenvalue weighted by Gasteiger charge is 2.53. The van der Waals surface area contributed by atoms with E-state index in [9.17, 15) is 9.59 Å². The van der Waals surface area contributed by atoms with Gasteiger partial charge in [0.2, 0.25) is 5.31 Å². The fraction of sp³-hybridized carbons (Fsp3) is 0. The Balaban J connectivity index is 1.93. The molecule has 2 N–H and O–H groups in total. The normalized spacial score (nSPS) is 10.7. The monoisotopic (exact) mass is 449 g/mol. The lowest BCUT2D eigenvalue weighted by Crippen LogP contribution is -2.40. The van der Waals surface area contributed by atoms with E-state index in [2.05, 4.69) is 11.2 Å². The Kier molecular flexibility index (Phi) is 6.71. The van der Waals surface area contributed by atoms with Crippen LogP contribution in [0.15, 0.2) is 127 Å². The van der Waals surface area contributed by atoms with E-state index >= 15 is 0 Å². The van der Waals surface area contributed by atoms with Crippen LogP contribution in [-0.4, -0.2) is 17.7 Å². The summed E-state index contributed by atoms with van der Waals surface area (Å²) in [5.41, 5.74) is 0.373. The van der Waals surface area contributed by atoms with Crippen LogP contribution in [0.2, 0.25) is 0 Å². The summed E-state index contributed by atoms with van der Waals surface area (Å²) in [4.78, 5) is 26.4. The first kappa shape index (κ1) is 22.1. The van der Waals surface area contributed by atoms with Crippen LogP contribution >= 0.6 is 7.26 Å². The number of rotatable bonds is 6. The fourth-order valence-electron chi connectivity index (χ4n) is 3.91. The number of carbonyl (C=O) groups is 2. The van der Waals surface area contributed by atoms with Gasteiger partial charge in [-0.05, 0) is 48.5 Å². The smallest absolute Gasteiger partial charge is 0.285 e. The lowest BCUT2D eigenvalue weighted by atomic mass is 10.2. The van der Waals surface area contributed by atoms with E-state index in [1.807, 2.05) is 91.0 Å². The third-order valence-electron chi connectivity index (χ3n) is 5.36.